The van der Waals surface area contributed by atoms with Gasteiger partial charge in [0.15, 0.2) is 0 Å². The van der Waals surface area contributed by atoms with Crippen LogP contribution in [0.1, 0.15) is 20.8 Å². The molecule has 0 fully saturated rings. The second kappa shape index (κ2) is 3.66. The van der Waals surface area contributed by atoms with E-state index in [2.05, 4.69) is 46.7 Å². The first-order valence-electron chi connectivity index (χ1n) is 2.61. The van der Waals surface area contributed by atoms with Crippen molar-refractivity contribution in [1.82, 2.24) is 3.11 Å². The molecule has 0 rings (SSSR count). The molecule has 0 aromatic rings. The van der Waals surface area contributed by atoms with E-state index in [4.69, 9.17) is 0 Å². The van der Waals surface area contributed by atoms with Crippen molar-refractivity contribution in [3.8, 4) is 0 Å². The molecule has 0 aromatic heterocycles. The number of nitrogens with zero attached hydrogens (tertiary/aromatic N) is 1. The molecule has 1 nitrogen and oxygen atoms in total. The van der Waals surface area contributed by atoms with Crippen molar-refractivity contribution in [1.29, 1.82) is 0 Å². The SMILES string of the molecule is CCN(I)C(C)C. The van der Waals surface area contributed by atoms with Crippen LogP contribution in [-0.2, 0) is 0 Å². The van der Waals surface area contributed by atoms with Crippen LogP contribution in [0.5, 0.6) is 0 Å². The maximum Gasteiger partial charge on any atom is 0.0204 e. The second-order valence-electron chi connectivity index (χ2n) is 1.81. The summed E-state index contributed by atoms with van der Waals surface area (Å²) in [5.41, 5.74) is 0. The molecule has 0 aliphatic heterocycles. The molecule has 0 bridgehead atoms. The summed E-state index contributed by atoms with van der Waals surface area (Å²) in [4.78, 5) is 0. The van der Waals surface area contributed by atoms with Crippen LogP contribution in [0, 0.1) is 0 Å². The molecule has 0 radical (unpaired) electrons. The third-order valence-corrected chi connectivity index (χ3v) is 2.66. The number of rotatable bonds is 2. The van der Waals surface area contributed by atoms with E-state index in [1.165, 1.54) is 0 Å². The van der Waals surface area contributed by atoms with Gasteiger partial charge in [0, 0.05) is 35.5 Å². The number of hydrogen-bond donors (Lipinski definition) is 0. The minimum Gasteiger partial charge on any atom is -0.245 e. The second-order valence-corrected chi connectivity index (χ2v) is 3.05. The Hall–Kier alpha value is 0.690. The minimum absolute atomic E-state index is 0.686. The van der Waals surface area contributed by atoms with Crippen molar-refractivity contribution in [2.45, 2.75) is 26.8 Å². The Morgan fingerprint density at radius 3 is 2.00 bits per heavy atom. The van der Waals surface area contributed by atoms with Gasteiger partial charge in [-0.3, -0.25) is 0 Å². The van der Waals surface area contributed by atoms with E-state index < -0.39 is 0 Å². The fourth-order valence-corrected chi connectivity index (χ4v) is 0.365. The third-order valence-electron chi connectivity index (χ3n) is 0.862. The molecule has 0 spiro atoms. The highest BCUT2D eigenvalue weighted by Gasteiger charge is 1.98. The summed E-state index contributed by atoms with van der Waals surface area (Å²) in [6, 6.07) is 0.686. The summed E-state index contributed by atoms with van der Waals surface area (Å²) in [5.74, 6) is 0. The van der Waals surface area contributed by atoms with E-state index >= 15 is 0 Å². The third kappa shape index (κ3) is 3.29. The van der Waals surface area contributed by atoms with Gasteiger partial charge in [-0.2, -0.15) is 0 Å². The quantitative estimate of drug-likeness (QED) is 0.501. The Labute approximate surface area is 59.6 Å². The highest BCUT2D eigenvalue weighted by Crippen LogP contribution is 2.02. The minimum atomic E-state index is 0.686. The van der Waals surface area contributed by atoms with E-state index in [1.807, 2.05) is 0 Å². The van der Waals surface area contributed by atoms with Crippen LogP contribution < -0.4 is 0 Å². The molecular formula is C5H12IN. The summed E-state index contributed by atoms with van der Waals surface area (Å²) in [6.07, 6.45) is 0. The topological polar surface area (TPSA) is 3.24 Å². The van der Waals surface area contributed by atoms with Gasteiger partial charge in [-0.1, -0.05) is 6.92 Å². The van der Waals surface area contributed by atoms with Gasteiger partial charge in [0.25, 0.3) is 0 Å². The lowest BCUT2D eigenvalue weighted by atomic mass is 10.4. The van der Waals surface area contributed by atoms with Crippen molar-refractivity contribution in [3.05, 3.63) is 0 Å². The summed E-state index contributed by atoms with van der Waals surface area (Å²) < 4.78 is 2.26. The summed E-state index contributed by atoms with van der Waals surface area (Å²) in [5, 5.41) is 0. The van der Waals surface area contributed by atoms with Crippen LogP contribution in [0.25, 0.3) is 0 Å². The van der Waals surface area contributed by atoms with E-state index in [0.717, 1.165) is 6.54 Å². The van der Waals surface area contributed by atoms with Crippen molar-refractivity contribution >= 4 is 22.9 Å². The molecule has 0 atom stereocenters. The molecule has 0 heterocycles. The predicted molar refractivity (Wildman–Crippen MR) is 41.5 cm³/mol. The summed E-state index contributed by atoms with van der Waals surface area (Å²) in [7, 11) is 0. The molecule has 0 aliphatic carbocycles. The lowest BCUT2D eigenvalue weighted by molar-refractivity contribution is 0.451. The molecule has 0 saturated heterocycles. The largest absolute Gasteiger partial charge is 0.245 e. The summed E-state index contributed by atoms with van der Waals surface area (Å²) in [6.45, 7) is 7.68. The van der Waals surface area contributed by atoms with Gasteiger partial charge in [0.05, 0.1) is 0 Å². The monoisotopic (exact) mass is 213 g/mol. The first-order chi connectivity index (χ1) is 3.18. The zero-order chi connectivity index (χ0) is 5.86. The van der Waals surface area contributed by atoms with Crippen LogP contribution in [0.15, 0.2) is 0 Å². The maximum absolute atomic E-state index is 2.33. The van der Waals surface area contributed by atoms with Crippen molar-refractivity contribution in [2.75, 3.05) is 6.54 Å². The lowest BCUT2D eigenvalue weighted by Gasteiger charge is -2.14. The predicted octanol–water partition coefficient (Wildman–Crippen LogP) is 2.07. The van der Waals surface area contributed by atoms with Crippen LogP contribution in [0.3, 0.4) is 0 Å². The molecule has 0 saturated carbocycles. The first-order valence-corrected chi connectivity index (χ1v) is 3.57. The Balaban J connectivity index is 3.14. The van der Waals surface area contributed by atoms with Gasteiger partial charge in [-0.05, 0) is 13.8 Å². The van der Waals surface area contributed by atoms with E-state index in [-0.39, 0.29) is 0 Å². The van der Waals surface area contributed by atoms with Gasteiger partial charge in [0.1, 0.15) is 0 Å². The Bertz CT molecular complexity index is 45.3. The zero-order valence-corrected chi connectivity index (χ0v) is 7.27. The van der Waals surface area contributed by atoms with Crippen LogP contribution in [0.4, 0.5) is 0 Å². The van der Waals surface area contributed by atoms with E-state index in [1.54, 1.807) is 0 Å². The highest BCUT2D eigenvalue weighted by atomic mass is 127. The molecule has 0 aliphatic rings. The van der Waals surface area contributed by atoms with Gasteiger partial charge < -0.3 is 0 Å². The molecule has 0 unspecified atom stereocenters. The molecular weight excluding hydrogens is 201 g/mol. The molecule has 7 heavy (non-hydrogen) atoms. The van der Waals surface area contributed by atoms with Crippen molar-refractivity contribution in [3.63, 3.8) is 0 Å². The van der Waals surface area contributed by atoms with Gasteiger partial charge in [-0.25, -0.2) is 3.11 Å². The average Bonchev–Trinajstić information content (AvgIpc) is 1.65. The van der Waals surface area contributed by atoms with Crippen molar-refractivity contribution in [2.24, 2.45) is 0 Å². The van der Waals surface area contributed by atoms with Gasteiger partial charge in [0.2, 0.25) is 0 Å². The Kier molecular flexibility index (Phi) is 4.02. The smallest absolute Gasteiger partial charge is 0.0204 e. The summed E-state index contributed by atoms with van der Waals surface area (Å²) >= 11 is 2.33. The molecule has 0 N–H and O–H groups in total. The number of hydrogen-bond acceptors (Lipinski definition) is 1. The fraction of sp³-hybridized carbons (Fsp3) is 1.00. The lowest BCUT2D eigenvalue weighted by Crippen LogP contribution is -2.18. The van der Waals surface area contributed by atoms with E-state index in [9.17, 15) is 0 Å². The Morgan fingerprint density at radius 2 is 2.00 bits per heavy atom. The standard InChI is InChI=1S/C5H12IN/c1-4-7(6)5(2)3/h5H,4H2,1-3H3. The maximum atomic E-state index is 2.33. The zero-order valence-electron chi connectivity index (χ0n) is 5.11. The molecule has 0 aromatic carbocycles. The number of halogens is 1. The van der Waals surface area contributed by atoms with Crippen molar-refractivity contribution < 1.29 is 0 Å². The van der Waals surface area contributed by atoms with Crippen LogP contribution in [0.2, 0.25) is 0 Å². The molecule has 2 heteroatoms. The van der Waals surface area contributed by atoms with E-state index in [0.29, 0.717) is 6.04 Å². The molecule has 0 amide bonds. The average molecular weight is 213 g/mol. The highest BCUT2D eigenvalue weighted by molar-refractivity contribution is 14.1. The van der Waals surface area contributed by atoms with Gasteiger partial charge >= 0.3 is 0 Å². The Morgan fingerprint density at radius 1 is 1.57 bits per heavy atom. The van der Waals surface area contributed by atoms with Gasteiger partial charge in [-0.15, -0.1) is 0 Å². The van der Waals surface area contributed by atoms with Crippen LogP contribution >= 0.6 is 22.9 Å². The van der Waals surface area contributed by atoms with Crippen LogP contribution in [-0.4, -0.2) is 15.7 Å². The fourth-order valence-electron chi connectivity index (χ4n) is 0.365. The molecule has 44 valence electrons. The first kappa shape index (κ1) is 7.69. The normalized spacial score (nSPS) is 11.1.